The van der Waals surface area contributed by atoms with E-state index in [9.17, 15) is 14.9 Å². The van der Waals surface area contributed by atoms with Crippen LogP contribution >= 0.6 is 0 Å². The van der Waals surface area contributed by atoms with Gasteiger partial charge >= 0.3 is 0 Å². The Balaban J connectivity index is 0.00000280. The van der Waals surface area contributed by atoms with E-state index in [1.54, 1.807) is 12.2 Å². The molecule has 3 atom stereocenters. The predicted octanol–water partition coefficient (Wildman–Crippen LogP) is 4.03. The summed E-state index contributed by atoms with van der Waals surface area (Å²) >= 11 is 0. The van der Waals surface area contributed by atoms with Crippen LogP contribution in [0.1, 0.15) is 41.0 Å². The third kappa shape index (κ3) is 2.62. The Morgan fingerprint density at radius 3 is 2.54 bits per heavy atom. The second kappa shape index (κ2) is 6.68. The molecule has 0 aliphatic heterocycles. The number of carbonyl (C=O) groups is 2. The molecule has 4 heteroatoms. The highest BCUT2D eigenvalue weighted by Gasteiger charge is 2.59. The number of fused-ring (bicyclic) bond motifs is 3. The van der Waals surface area contributed by atoms with Crippen molar-refractivity contribution in [2.24, 2.45) is 22.2 Å². The van der Waals surface area contributed by atoms with Crippen LogP contribution in [0.5, 0.6) is 0 Å². The Morgan fingerprint density at radius 1 is 1.29 bits per heavy atom. The van der Waals surface area contributed by atoms with Crippen molar-refractivity contribution in [3.8, 4) is 30.3 Å². The van der Waals surface area contributed by atoms with Crippen molar-refractivity contribution in [3.63, 3.8) is 0 Å². The van der Waals surface area contributed by atoms with Gasteiger partial charge in [0.2, 0.25) is 5.70 Å². The molecule has 0 heterocycles. The Hall–Kier alpha value is -3.34. The van der Waals surface area contributed by atoms with E-state index in [4.69, 9.17) is 13.0 Å². The molecule has 0 N–H and O–H groups in total. The fourth-order valence-corrected chi connectivity index (χ4v) is 5.05. The third-order valence-electron chi connectivity index (χ3n) is 6.27. The second-order valence-corrected chi connectivity index (χ2v) is 8.02. The van der Waals surface area contributed by atoms with Crippen LogP contribution in [0, 0.1) is 64.3 Å². The first kappa shape index (κ1) is 21.0. The number of rotatable bonds is 0. The van der Waals surface area contributed by atoms with Crippen LogP contribution in [0.15, 0.2) is 35.1 Å². The summed E-state index contributed by atoms with van der Waals surface area (Å²) in [6.45, 7) is 13.1. The van der Waals surface area contributed by atoms with Gasteiger partial charge in [0.1, 0.15) is 6.07 Å². The molecule has 0 saturated heterocycles. The lowest BCUT2D eigenvalue weighted by Gasteiger charge is -2.56. The fourth-order valence-electron chi connectivity index (χ4n) is 5.05. The monoisotopic (exact) mass is 370 g/mol. The normalized spacial score (nSPS) is 32.1. The van der Waals surface area contributed by atoms with Crippen molar-refractivity contribution in [1.82, 2.24) is 0 Å². The van der Waals surface area contributed by atoms with Crippen molar-refractivity contribution >= 4 is 11.6 Å². The highest BCUT2D eigenvalue weighted by molar-refractivity contribution is 6.09. The van der Waals surface area contributed by atoms with Crippen LogP contribution in [-0.2, 0) is 9.59 Å². The number of hydrogen-bond acceptors (Lipinski definition) is 3. The highest BCUT2D eigenvalue weighted by atomic mass is 16.1. The highest BCUT2D eigenvalue weighted by Crippen LogP contribution is 2.63. The first-order valence-corrected chi connectivity index (χ1v) is 8.69. The molecule has 0 bridgehead atoms. The number of hydrogen-bond donors (Lipinski definition) is 0. The molecular formula is C24H22N2O2. The van der Waals surface area contributed by atoms with Crippen LogP contribution in [0.25, 0.3) is 4.85 Å². The average Bonchev–Trinajstić information content (AvgIpc) is 2.63. The van der Waals surface area contributed by atoms with Gasteiger partial charge in [-0.3, -0.25) is 4.79 Å². The van der Waals surface area contributed by atoms with Gasteiger partial charge in [0.25, 0.3) is 0 Å². The number of ketones is 2. The van der Waals surface area contributed by atoms with Gasteiger partial charge < -0.3 is 4.79 Å². The molecule has 0 aromatic heterocycles. The summed E-state index contributed by atoms with van der Waals surface area (Å²) in [6, 6.07) is 1.95. The lowest BCUT2D eigenvalue weighted by atomic mass is 9.46. The number of nitriles is 1. The molecule has 28 heavy (non-hydrogen) atoms. The maximum absolute atomic E-state index is 12.8. The van der Waals surface area contributed by atoms with Crippen LogP contribution in [0.4, 0.5) is 0 Å². The molecule has 0 aromatic carbocycles. The van der Waals surface area contributed by atoms with E-state index in [0.29, 0.717) is 12.8 Å². The molecule has 0 radical (unpaired) electrons. The molecule has 0 amide bonds. The van der Waals surface area contributed by atoms with Crippen LogP contribution in [0.3, 0.4) is 0 Å². The molecule has 1 fully saturated rings. The second-order valence-electron chi connectivity index (χ2n) is 8.02. The molecule has 1 saturated carbocycles. The smallest absolute Gasteiger partial charge is 0.226 e. The average molecular weight is 370 g/mol. The van der Waals surface area contributed by atoms with E-state index in [2.05, 4.69) is 22.6 Å². The topological polar surface area (TPSA) is 62.3 Å². The summed E-state index contributed by atoms with van der Waals surface area (Å²) in [7, 11) is 0. The van der Waals surface area contributed by atoms with Gasteiger partial charge in [0.05, 0.1) is 17.6 Å². The fraction of sp³-hybridized carbons (Fsp3) is 0.417. The number of nitrogens with zero attached hydrogens (tertiary/aromatic N) is 2. The number of Topliss-reactive ketones (excluding diaryl/α,β-unsaturated/α-hetero) is 1. The van der Waals surface area contributed by atoms with E-state index < -0.39 is 16.2 Å². The molecule has 3 aliphatic carbocycles. The molecule has 140 valence electrons. The molecule has 0 unspecified atom stereocenters. The molecule has 3 aliphatic rings. The summed E-state index contributed by atoms with van der Waals surface area (Å²) in [5.41, 5.74) is -1.42. The molecule has 4 nitrogen and oxygen atoms in total. The van der Waals surface area contributed by atoms with E-state index in [1.807, 2.05) is 26.8 Å². The van der Waals surface area contributed by atoms with Crippen molar-refractivity contribution in [3.05, 3.63) is 46.5 Å². The molecular weight excluding hydrogens is 348 g/mol. The third-order valence-corrected chi connectivity index (χ3v) is 6.27. The van der Waals surface area contributed by atoms with Crippen molar-refractivity contribution in [1.29, 1.82) is 5.26 Å². The van der Waals surface area contributed by atoms with E-state index in [-0.39, 0.29) is 36.2 Å². The van der Waals surface area contributed by atoms with Crippen LogP contribution in [0.2, 0.25) is 0 Å². The summed E-state index contributed by atoms with van der Waals surface area (Å²) in [4.78, 5) is 28.7. The maximum atomic E-state index is 12.8. The minimum Gasteiger partial charge on any atom is -0.307 e. The minimum atomic E-state index is -0.837. The zero-order chi connectivity index (χ0) is 20.0. The number of terminal acetylenes is 1. The number of carbonyl (C=O) groups excluding carboxylic acids is 2. The SMILES string of the molecule is C.[C-]#[N+]C1=C[C@]2(C)C3=CC(=O)C(C#N)=C[C@]3(C#CC#C)CC[C@H]2C(C)(C)C1=O. The largest absolute Gasteiger partial charge is 0.307 e. The van der Waals surface area contributed by atoms with Crippen LogP contribution in [-0.4, -0.2) is 11.6 Å². The van der Waals surface area contributed by atoms with Crippen molar-refractivity contribution in [2.45, 2.75) is 41.0 Å². The lowest BCUT2D eigenvalue weighted by molar-refractivity contribution is -0.130. The zero-order valence-corrected chi connectivity index (χ0v) is 15.5. The van der Waals surface area contributed by atoms with Gasteiger partial charge in [-0.15, -0.1) is 6.42 Å². The standard InChI is InChI=1S/C23H18N2O2.CH4/c1-6-7-9-23-10-8-18-21(2,3)20(27)16(25-5)13-22(18,4)19(23)11-17(26)15(12-23)14-24;/h1,11-13,18H,8,10H2,2-4H3;1H4/t18-,22-,23-;/m0./s1. The van der Waals surface area contributed by atoms with Crippen LogP contribution < -0.4 is 0 Å². The summed E-state index contributed by atoms with van der Waals surface area (Å²) in [6.07, 6.45) is 11.3. The van der Waals surface area contributed by atoms with Gasteiger partial charge in [-0.1, -0.05) is 40.2 Å². The summed E-state index contributed by atoms with van der Waals surface area (Å²) < 4.78 is 0. The maximum Gasteiger partial charge on any atom is 0.226 e. The Bertz CT molecular complexity index is 1050. The Kier molecular flexibility index (Phi) is 5.00. The van der Waals surface area contributed by atoms with Gasteiger partial charge in [-0.05, 0) is 48.3 Å². The predicted molar refractivity (Wildman–Crippen MR) is 107 cm³/mol. The Morgan fingerprint density at radius 2 is 1.96 bits per heavy atom. The van der Waals surface area contributed by atoms with Gasteiger partial charge in [0, 0.05) is 10.8 Å². The molecule has 0 spiro atoms. The van der Waals surface area contributed by atoms with E-state index in [0.717, 1.165) is 5.57 Å². The molecule has 3 rings (SSSR count). The quantitative estimate of drug-likeness (QED) is 0.478. The van der Waals surface area contributed by atoms with Gasteiger partial charge in [-0.25, -0.2) is 4.85 Å². The van der Waals surface area contributed by atoms with E-state index in [1.165, 1.54) is 6.08 Å². The first-order chi connectivity index (χ1) is 12.7. The minimum absolute atomic E-state index is 0. The number of allylic oxidation sites excluding steroid dienone is 6. The zero-order valence-electron chi connectivity index (χ0n) is 15.5. The first-order valence-electron chi connectivity index (χ1n) is 8.69. The summed E-state index contributed by atoms with van der Waals surface area (Å²) in [5, 5.41) is 9.33. The van der Waals surface area contributed by atoms with E-state index >= 15 is 0 Å². The lowest BCUT2D eigenvalue weighted by Crippen LogP contribution is -2.53. The van der Waals surface area contributed by atoms with Gasteiger partial charge in [-0.2, -0.15) is 5.26 Å². The molecule has 0 aromatic rings. The van der Waals surface area contributed by atoms with Crippen molar-refractivity contribution < 1.29 is 9.59 Å². The summed E-state index contributed by atoms with van der Waals surface area (Å²) in [5.74, 6) is 7.42. The van der Waals surface area contributed by atoms with Gasteiger partial charge in [0.15, 0.2) is 11.6 Å². The Labute approximate surface area is 166 Å². The van der Waals surface area contributed by atoms with Crippen molar-refractivity contribution in [2.75, 3.05) is 0 Å².